The van der Waals surface area contributed by atoms with Crippen LogP contribution in [-0.4, -0.2) is 9.97 Å². The lowest BCUT2D eigenvalue weighted by Gasteiger charge is -1.94. The molecule has 1 aromatic rings. The van der Waals surface area contributed by atoms with E-state index >= 15 is 0 Å². The number of hydrogen-bond acceptors (Lipinski definition) is 3. The molecule has 58 valence electrons. The molecule has 1 aliphatic heterocycles. The summed E-state index contributed by atoms with van der Waals surface area (Å²) in [6.07, 6.45) is 0. The minimum absolute atomic E-state index is 0.0926. The molecule has 0 bridgehead atoms. The van der Waals surface area contributed by atoms with E-state index in [2.05, 4.69) is 9.97 Å². The summed E-state index contributed by atoms with van der Waals surface area (Å²) in [4.78, 5) is 17.6. The van der Waals surface area contributed by atoms with Crippen LogP contribution in [0.5, 0.6) is 0 Å². The Bertz CT molecular complexity index is 349. The van der Waals surface area contributed by atoms with Crippen LogP contribution in [0.3, 0.4) is 0 Å². The van der Waals surface area contributed by atoms with Crippen molar-refractivity contribution in [2.24, 2.45) is 0 Å². The predicted molar refractivity (Wildman–Crippen MR) is 44.9 cm³/mol. The van der Waals surface area contributed by atoms with Crippen molar-refractivity contribution in [1.82, 2.24) is 9.97 Å². The molecule has 0 spiro atoms. The highest BCUT2D eigenvalue weighted by Crippen LogP contribution is 2.25. The van der Waals surface area contributed by atoms with Gasteiger partial charge in [-0.05, 0) is 11.6 Å². The molecule has 0 fully saturated rings. The number of H-pyrrole nitrogens is 1. The first kappa shape index (κ1) is 7.18. The van der Waals surface area contributed by atoms with Crippen molar-refractivity contribution in [2.45, 2.75) is 11.5 Å². The molecule has 1 aliphatic rings. The zero-order chi connectivity index (χ0) is 7.84. The number of rotatable bonds is 0. The van der Waals surface area contributed by atoms with Crippen LogP contribution in [0, 0.1) is 0 Å². The molecule has 0 aliphatic carbocycles. The summed E-state index contributed by atoms with van der Waals surface area (Å²) < 4.78 is 0. The smallest absolute Gasteiger partial charge is 0.256 e. The Morgan fingerprint density at radius 3 is 3.18 bits per heavy atom. The highest BCUT2D eigenvalue weighted by atomic mass is 35.5. The van der Waals surface area contributed by atoms with E-state index in [9.17, 15) is 4.79 Å². The van der Waals surface area contributed by atoms with Crippen molar-refractivity contribution in [3.63, 3.8) is 0 Å². The highest BCUT2D eigenvalue weighted by molar-refractivity contribution is 7.98. The number of aromatic amines is 1. The zero-order valence-corrected chi connectivity index (χ0v) is 7.13. The first-order chi connectivity index (χ1) is 5.27. The molecule has 0 saturated heterocycles. The van der Waals surface area contributed by atoms with Gasteiger partial charge in [0.15, 0.2) is 0 Å². The fourth-order valence-corrected chi connectivity index (χ4v) is 2.26. The average Bonchev–Trinajstić information content (AvgIpc) is 2.34. The van der Waals surface area contributed by atoms with Gasteiger partial charge in [-0.1, -0.05) is 0 Å². The van der Waals surface area contributed by atoms with Crippen molar-refractivity contribution >= 4 is 23.4 Å². The van der Waals surface area contributed by atoms with Gasteiger partial charge in [-0.2, -0.15) is 11.8 Å². The van der Waals surface area contributed by atoms with Crippen molar-refractivity contribution in [1.29, 1.82) is 0 Å². The van der Waals surface area contributed by atoms with E-state index in [1.165, 1.54) is 0 Å². The van der Waals surface area contributed by atoms with Gasteiger partial charge in [0, 0.05) is 17.1 Å². The molecule has 0 unspecified atom stereocenters. The van der Waals surface area contributed by atoms with E-state index < -0.39 is 0 Å². The molecule has 0 saturated carbocycles. The number of nitrogens with one attached hydrogen (secondary N) is 1. The third-order valence-corrected chi connectivity index (χ3v) is 2.71. The maximum Gasteiger partial charge on any atom is 0.256 e. The molecular formula is C6H5ClN2OS. The van der Waals surface area contributed by atoms with Gasteiger partial charge >= 0.3 is 0 Å². The number of halogens is 1. The van der Waals surface area contributed by atoms with Crippen LogP contribution in [-0.2, 0) is 11.5 Å². The molecule has 0 radical (unpaired) electrons. The van der Waals surface area contributed by atoms with E-state index in [1.807, 2.05) is 0 Å². The fourth-order valence-electron chi connectivity index (χ4n) is 1.03. The van der Waals surface area contributed by atoms with Crippen molar-refractivity contribution < 1.29 is 0 Å². The largest absolute Gasteiger partial charge is 0.297 e. The summed E-state index contributed by atoms with van der Waals surface area (Å²) in [5.41, 5.74) is 1.52. The second kappa shape index (κ2) is 2.53. The van der Waals surface area contributed by atoms with Gasteiger partial charge in [-0.25, -0.2) is 4.98 Å². The summed E-state index contributed by atoms with van der Waals surface area (Å²) in [5, 5.41) is 0.191. The molecule has 11 heavy (non-hydrogen) atoms. The summed E-state index contributed by atoms with van der Waals surface area (Å²) in [6.45, 7) is 0. The SMILES string of the molecule is O=c1[nH]c(Cl)nc2c1CSC2. The first-order valence-electron chi connectivity index (χ1n) is 3.12. The first-order valence-corrected chi connectivity index (χ1v) is 4.66. The second-order valence-corrected chi connectivity index (χ2v) is 3.62. The van der Waals surface area contributed by atoms with Gasteiger partial charge in [0.05, 0.1) is 5.69 Å². The van der Waals surface area contributed by atoms with E-state index in [0.717, 1.165) is 22.8 Å². The number of hydrogen-bond donors (Lipinski definition) is 1. The van der Waals surface area contributed by atoms with Crippen molar-refractivity contribution in [3.05, 3.63) is 26.9 Å². The van der Waals surface area contributed by atoms with Crippen LogP contribution in [0.4, 0.5) is 0 Å². The fraction of sp³-hybridized carbons (Fsp3) is 0.333. The van der Waals surface area contributed by atoms with Crippen LogP contribution in [0.2, 0.25) is 5.28 Å². The monoisotopic (exact) mass is 188 g/mol. The van der Waals surface area contributed by atoms with Crippen LogP contribution in [0.1, 0.15) is 11.3 Å². The van der Waals surface area contributed by atoms with Gasteiger partial charge in [0.1, 0.15) is 0 Å². The Morgan fingerprint density at radius 1 is 1.55 bits per heavy atom. The lowest BCUT2D eigenvalue weighted by atomic mass is 10.3. The van der Waals surface area contributed by atoms with Gasteiger partial charge in [0.25, 0.3) is 5.56 Å². The predicted octanol–water partition coefficient (Wildman–Crippen LogP) is 1.17. The Labute approximate surface area is 72.2 Å². The Balaban J connectivity index is 2.70. The topological polar surface area (TPSA) is 45.8 Å². The lowest BCUT2D eigenvalue weighted by Crippen LogP contribution is -2.13. The van der Waals surface area contributed by atoms with E-state index in [-0.39, 0.29) is 10.8 Å². The highest BCUT2D eigenvalue weighted by Gasteiger charge is 2.16. The molecule has 3 nitrogen and oxygen atoms in total. The van der Waals surface area contributed by atoms with Gasteiger partial charge in [0.2, 0.25) is 5.28 Å². The van der Waals surface area contributed by atoms with Crippen LogP contribution < -0.4 is 5.56 Å². The summed E-state index contributed by atoms with van der Waals surface area (Å²) >= 11 is 7.24. The Morgan fingerprint density at radius 2 is 2.36 bits per heavy atom. The Kier molecular flexibility index (Phi) is 1.65. The summed E-state index contributed by atoms with van der Waals surface area (Å²) in [7, 11) is 0. The molecule has 0 atom stereocenters. The number of thioether (sulfide) groups is 1. The number of fused-ring (bicyclic) bond motifs is 1. The minimum Gasteiger partial charge on any atom is -0.297 e. The Hall–Kier alpha value is -0.480. The average molecular weight is 189 g/mol. The van der Waals surface area contributed by atoms with Crippen molar-refractivity contribution in [2.75, 3.05) is 0 Å². The third kappa shape index (κ3) is 1.16. The maximum atomic E-state index is 11.1. The summed E-state index contributed by atoms with van der Waals surface area (Å²) in [6, 6.07) is 0. The normalized spacial score (nSPS) is 15.0. The van der Waals surface area contributed by atoms with E-state index in [0.29, 0.717) is 0 Å². The third-order valence-electron chi connectivity index (χ3n) is 1.56. The van der Waals surface area contributed by atoms with Crippen LogP contribution >= 0.6 is 23.4 Å². The molecule has 5 heteroatoms. The molecule has 2 heterocycles. The number of aromatic nitrogens is 2. The molecule has 1 aromatic heterocycles. The van der Waals surface area contributed by atoms with Crippen LogP contribution in [0.15, 0.2) is 4.79 Å². The van der Waals surface area contributed by atoms with Gasteiger partial charge in [-0.3, -0.25) is 9.78 Å². The zero-order valence-electron chi connectivity index (χ0n) is 5.56. The molecule has 0 amide bonds. The summed E-state index contributed by atoms with van der Waals surface area (Å²) in [5.74, 6) is 1.56. The standard InChI is InChI=1S/C6H5ClN2OS/c7-6-8-4-2-11-1-3(4)5(10)9-6/h1-2H2,(H,8,9,10). The van der Waals surface area contributed by atoms with Crippen molar-refractivity contribution in [3.8, 4) is 0 Å². The van der Waals surface area contributed by atoms with Gasteiger partial charge in [-0.15, -0.1) is 0 Å². The van der Waals surface area contributed by atoms with Gasteiger partial charge < -0.3 is 0 Å². The van der Waals surface area contributed by atoms with E-state index in [4.69, 9.17) is 11.6 Å². The molecule has 2 rings (SSSR count). The van der Waals surface area contributed by atoms with E-state index in [1.54, 1.807) is 11.8 Å². The molecular weight excluding hydrogens is 184 g/mol. The quantitative estimate of drug-likeness (QED) is 0.622. The maximum absolute atomic E-state index is 11.1. The lowest BCUT2D eigenvalue weighted by molar-refractivity contribution is 1.02. The second-order valence-electron chi connectivity index (χ2n) is 2.27. The molecule has 1 N–H and O–H groups in total. The minimum atomic E-state index is -0.0926. The van der Waals surface area contributed by atoms with Crippen LogP contribution in [0.25, 0.3) is 0 Å². The molecule has 0 aromatic carbocycles. The number of nitrogens with zero attached hydrogens (tertiary/aromatic N) is 1.